The lowest BCUT2D eigenvalue weighted by Gasteiger charge is -2.08. The maximum absolute atomic E-state index is 11.8. The topological polar surface area (TPSA) is 37.3 Å². The molecule has 1 N–H and O–H groups in total. The molecule has 0 spiro atoms. The first kappa shape index (κ1) is 11.8. The number of aromatic hydroxyl groups is 1. The van der Waals surface area contributed by atoms with E-state index in [1.165, 1.54) is 0 Å². The summed E-state index contributed by atoms with van der Waals surface area (Å²) in [5.41, 5.74) is 2.24. The van der Waals surface area contributed by atoms with Crippen LogP contribution in [0.3, 0.4) is 0 Å². The molecular formula is C13H18O2. The molecule has 0 bridgehead atoms. The Hall–Kier alpha value is -1.31. The Labute approximate surface area is 90.9 Å². The third-order valence-corrected chi connectivity index (χ3v) is 2.41. The quantitative estimate of drug-likeness (QED) is 0.771. The zero-order valence-electron chi connectivity index (χ0n) is 9.79. The van der Waals surface area contributed by atoms with E-state index in [0.29, 0.717) is 17.9 Å². The molecule has 0 saturated carbocycles. The monoisotopic (exact) mass is 206 g/mol. The molecule has 1 rings (SSSR count). The second-order valence-electron chi connectivity index (χ2n) is 4.48. The third-order valence-electron chi connectivity index (χ3n) is 2.41. The summed E-state index contributed by atoms with van der Waals surface area (Å²) >= 11 is 0. The highest BCUT2D eigenvalue weighted by Crippen LogP contribution is 2.24. The van der Waals surface area contributed by atoms with Gasteiger partial charge in [-0.2, -0.15) is 0 Å². The van der Waals surface area contributed by atoms with Crippen LogP contribution in [0.5, 0.6) is 5.75 Å². The zero-order valence-corrected chi connectivity index (χ0v) is 9.79. The lowest BCUT2D eigenvalue weighted by atomic mass is 9.97. The van der Waals surface area contributed by atoms with Crippen molar-refractivity contribution in [2.24, 2.45) is 5.92 Å². The lowest BCUT2D eigenvalue weighted by molar-refractivity contribution is 0.0967. The van der Waals surface area contributed by atoms with E-state index in [1.807, 2.05) is 27.7 Å². The second-order valence-corrected chi connectivity index (χ2v) is 4.48. The minimum atomic E-state index is 0.149. The minimum absolute atomic E-state index is 0.149. The molecule has 1 aromatic carbocycles. The smallest absolute Gasteiger partial charge is 0.163 e. The summed E-state index contributed by atoms with van der Waals surface area (Å²) in [4.78, 5) is 11.8. The Kier molecular flexibility index (Phi) is 3.51. The van der Waals surface area contributed by atoms with E-state index in [-0.39, 0.29) is 11.5 Å². The Morgan fingerprint density at radius 2 is 1.73 bits per heavy atom. The van der Waals surface area contributed by atoms with Gasteiger partial charge in [-0.15, -0.1) is 0 Å². The van der Waals surface area contributed by atoms with Crippen LogP contribution in [0.25, 0.3) is 0 Å². The number of hydrogen-bond acceptors (Lipinski definition) is 2. The van der Waals surface area contributed by atoms with Crippen molar-refractivity contribution in [2.75, 3.05) is 0 Å². The Morgan fingerprint density at radius 3 is 2.13 bits per heavy atom. The van der Waals surface area contributed by atoms with Crippen molar-refractivity contribution in [3.05, 3.63) is 28.8 Å². The van der Waals surface area contributed by atoms with Gasteiger partial charge in [0.1, 0.15) is 5.75 Å². The average molecular weight is 206 g/mol. The highest BCUT2D eigenvalue weighted by Gasteiger charge is 2.11. The van der Waals surface area contributed by atoms with Gasteiger partial charge >= 0.3 is 0 Å². The molecule has 2 heteroatoms. The van der Waals surface area contributed by atoms with Crippen molar-refractivity contribution in [2.45, 2.75) is 34.1 Å². The van der Waals surface area contributed by atoms with Gasteiger partial charge in [-0.25, -0.2) is 0 Å². The van der Waals surface area contributed by atoms with E-state index >= 15 is 0 Å². The number of ketones is 1. The predicted octanol–water partition coefficient (Wildman–Crippen LogP) is 3.24. The lowest BCUT2D eigenvalue weighted by Crippen LogP contribution is -2.04. The molecule has 0 heterocycles. The van der Waals surface area contributed by atoms with Crippen molar-refractivity contribution < 1.29 is 9.90 Å². The second kappa shape index (κ2) is 4.47. The fraction of sp³-hybridized carbons (Fsp3) is 0.462. The zero-order chi connectivity index (χ0) is 11.6. The number of carbonyl (C=O) groups excluding carboxylic acids is 1. The number of phenolic OH excluding ortho intramolecular Hbond substituents is 1. The van der Waals surface area contributed by atoms with Crippen LogP contribution < -0.4 is 0 Å². The summed E-state index contributed by atoms with van der Waals surface area (Å²) in [6.45, 7) is 7.68. The Balaban J connectivity index is 3.01. The van der Waals surface area contributed by atoms with Crippen LogP contribution in [0.2, 0.25) is 0 Å². The first-order valence-electron chi connectivity index (χ1n) is 5.25. The highest BCUT2D eigenvalue weighted by molar-refractivity contribution is 5.96. The molecule has 0 fully saturated rings. The standard InChI is InChI=1S/C13H18O2/c1-8(2)5-12(14)11-6-9(3)13(15)10(4)7-11/h6-8,15H,5H2,1-4H3. The van der Waals surface area contributed by atoms with Gasteiger partial charge in [0, 0.05) is 12.0 Å². The molecule has 0 atom stereocenters. The molecule has 0 amide bonds. The van der Waals surface area contributed by atoms with E-state index < -0.39 is 0 Å². The van der Waals surface area contributed by atoms with E-state index in [4.69, 9.17) is 0 Å². The maximum Gasteiger partial charge on any atom is 0.163 e. The molecule has 0 unspecified atom stereocenters. The summed E-state index contributed by atoms with van der Waals surface area (Å²) < 4.78 is 0. The first-order valence-corrected chi connectivity index (χ1v) is 5.25. The molecule has 0 saturated heterocycles. The van der Waals surface area contributed by atoms with E-state index in [1.54, 1.807) is 12.1 Å². The Morgan fingerprint density at radius 1 is 1.27 bits per heavy atom. The summed E-state index contributed by atoms with van der Waals surface area (Å²) in [7, 11) is 0. The third kappa shape index (κ3) is 2.82. The SMILES string of the molecule is Cc1cc(C(=O)CC(C)C)cc(C)c1O. The number of hydrogen-bond donors (Lipinski definition) is 1. The van der Waals surface area contributed by atoms with Crippen molar-refractivity contribution in [1.82, 2.24) is 0 Å². The van der Waals surface area contributed by atoms with E-state index in [9.17, 15) is 9.90 Å². The summed E-state index contributed by atoms with van der Waals surface area (Å²) in [6, 6.07) is 3.51. The predicted molar refractivity (Wildman–Crippen MR) is 61.4 cm³/mol. The molecule has 15 heavy (non-hydrogen) atoms. The molecule has 82 valence electrons. The molecule has 0 aliphatic rings. The minimum Gasteiger partial charge on any atom is -0.507 e. The maximum atomic E-state index is 11.8. The van der Waals surface area contributed by atoms with Crippen LogP contribution in [0.4, 0.5) is 0 Å². The molecule has 0 aliphatic heterocycles. The number of carbonyl (C=O) groups is 1. The molecule has 1 aromatic rings. The van der Waals surface area contributed by atoms with Gasteiger partial charge in [0.2, 0.25) is 0 Å². The molecule has 2 nitrogen and oxygen atoms in total. The van der Waals surface area contributed by atoms with Crippen LogP contribution >= 0.6 is 0 Å². The number of phenols is 1. The van der Waals surface area contributed by atoms with Gasteiger partial charge in [0.05, 0.1) is 0 Å². The summed E-state index contributed by atoms with van der Waals surface area (Å²) in [6.07, 6.45) is 0.559. The van der Waals surface area contributed by atoms with Gasteiger partial charge in [-0.1, -0.05) is 13.8 Å². The van der Waals surface area contributed by atoms with E-state index in [2.05, 4.69) is 0 Å². The van der Waals surface area contributed by atoms with Gasteiger partial charge in [-0.3, -0.25) is 4.79 Å². The average Bonchev–Trinajstić information content (AvgIpc) is 2.12. The van der Waals surface area contributed by atoms with Crippen molar-refractivity contribution in [1.29, 1.82) is 0 Å². The fourth-order valence-electron chi connectivity index (χ4n) is 1.61. The number of aryl methyl sites for hydroxylation is 2. The van der Waals surface area contributed by atoms with Crippen molar-refractivity contribution in [3.8, 4) is 5.75 Å². The molecule has 0 aliphatic carbocycles. The van der Waals surface area contributed by atoms with Crippen LogP contribution in [-0.2, 0) is 0 Å². The number of rotatable bonds is 3. The number of benzene rings is 1. The molecule has 0 radical (unpaired) electrons. The van der Waals surface area contributed by atoms with Crippen LogP contribution in [0, 0.1) is 19.8 Å². The molecular weight excluding hydrogens is 188 g/mol. The largest absolute Gasteiger partial charge is 0.507 e. The fourth-order valence-corrected chi connectivity index (χ4v) is 1.61. The van der Waals surface area contributed by atoms with E-state index in [0.717, 1.165) is 11.1 Å². The summed E-state index contributed by atoms with van der Waals surface area (Å²) in [5.74, 6) is 0.805. The summed E-state index contributed by atoms with van der Waals surface area (Å²) in [5, 5.41) is 9.58. The van der Waals surface area contributed by atoms with Crippen LogP contribution in [0.1, 0.15) is 41.8 Å². The number of Topliss-reactive ketones (excluding diaryl/α,β-unsaturated/α-hetero) is 1. The molecule has 0 aromatic heterocycles. The van der Waals surface area contributed by atoms with Crippen LogP contribution in [-0.4, -0.2) is 10.9 Å². The van der Waals surface area contributed by atoms with Crippen LogP contribution in [0.15, 0.2) is 12.1 Å². The Bertz CT molecular complexity index is 355. The van der Waals surface area contributed by atoms with Crippen molar-refractivity contribution >= 4 is 5.78 Å². The highest BCUT2D eigenvalue weighted by atomic mass is 16.3. The van der Waals surface area contributed by atoms with Gasteiger partial charge in [0.25, 0.3) is 0 Å². The normalized spacial score (nSPS) is 10.7. The van der Waals surface area contributed by atoms with Gasteiger partial charge < -0.3 is 5.11 Å². The first-order chi connectivity index (χ1) is 6.91. The van der Waals surface area contributed by atoms with Gasteiger partial charge in [-0.05, 0) is 43.0 Å². The van der Waals surface area contributed by atoms with Crippen molar-refractivity contribution in [3.63, 3.8) is 0 Å². The van der Waals surface area contributed by atoms with Gasteiger partial charge in [0.15, 0.2) is 5.78 Å².